The maximum Gasteiger partial charge on any atom is 0.437 e. The third-order valence-electron chi connectivity index (χ3n) is 4.48. The van der Waals surface area contributed by atoms with Gasteiger partial charge in [-0.1, -0.05) is 12.1 Å². The summed E-state index contributed by atoms with van der Waals surface area (Å²) in [5.41, 5.74) is -1.63. The number of halogens is 3. The van der Waals surface area contributed by atoms with E-state index in [0.717, 1.165) is 0 Å². The molecule has 1 amide bonds. The molecule has 1 aromatic carbocycles. The number of carbonyl (C=O) groups excluding carboxylic acids is 1. The summed E-state index contributed by atoms with van der Waals surface area (Å²) in [6.07, 6.45) is -4.06. The average molecular weight is 355 g/mol. The SMILES string of the molecule is O=C(O)Cc1cccc(C(=O)N2CCCC2CC2(C(F)(F)F)N=N2)c1. The minimum absolute atomic E-state index is 0.223. The van der Waals surface area contributed by atoms with E-state index in [4.69, 9.17) is 5.11 Å². The predicted molar refractivity (Wildman–Crippen MR) is 80.1 cm³/mol. The van der Waals surface area contributed by atoms with E-state index in [-0.39, 0.29) is 18.4 Å². The molecule has 134 valence electrons. The Hall–Kier alpha value is -2.45. The molecule has 0 radical (unpaired) electrons. The van der Waals surface area contributed by atoms with Gasteiger partial charge in [0, 0.05) is 24.6 Å². The van der Waals surface area contributed by atoms with E-state index in [2.05, 4.69) is 10.2 Å². The molecule has 1 atom stereocenters. The van der Waals surface area contributed by atoms with Gasteiger partial charge < -0.3 is 10.0 Å². The van der Waals surface area contributed by atoms with Gasteiger partial charge >= 0.3 is 12.1 Å². The van der Waals surface area contributed by atoms with Crippen LogP contribution in [-0.4, -0.2) is 46.3 Å². The van der Waals surface area contributed by atoms with E-state index in [0.29, 0.717) is 24.9 Å². The van der Waals surface area contributed by atoms with Crippen molar-refractivity contribution in [3.05, 3.63) is 35.4 Å². The van der Waals surface area contributed by atoms with Crippen LogP contribution in [0.3, 0.4) is 0 Å². The Balaban J connectivity index is 1.74. The summed E-state index contributed by atoms with van der Waals surface area (Å²) in [7, 11) is 0. The number of hydrogen-bond acceptors (Lipinski definition) is 4. The summed E-state index contributed by atoms with van der Waals surface area (Å²) < 4.78 is 39.1. The van der Waals surface area contributed by atoms with Crippen LogP contribution < -0.4 is 0 Å². The summed E-state index contributed by atoms with van der Waals surface area (Å²) in [5.74, 6) is -1.42. The van der Waals surface area contributed by atoms with E-state index in [9.17, 15) is 22.8 Å². The van der Waals surface area contributed by atoms with Gasteiger partial charge in [0.2, 0.25) is 0 Å². The first-order valence-electron chi connectivity index (χ1n) is 7.84. The molecule has 6 nitrogen and oxygen atoms in total. The maximum atomic E-state index is 13.0. The van der Waals surface area contributed by atoms with Crippen molar-refractivity contribution in [2.24, 2.45) is 10.2 Å². The minimum Gasteiger partial charge on any atom is -0.481 e. The van der Waals surface area contributed by atoms with Gasteiger partial charge in [0.1, 0.15) is 0 Å². The monoisotopic (exact) mass is 355 g/mol. The van der Waals surface area contributed by atoms with Gasteiger partial charge in [0.05, 0.1) is 6.42 Å². The van der Waals surface area contributed by atoms with Crippen LogP contribution in [0.5, 0.6) is 0 Å². The lowest BCUT2D eigenvalue weighted by Crippen LogP contribution is -2.43. The van der Waals surface area contributed by atoms with Gasteiger partial charge in [-0.2, -0.15) is 13.2 Å². The Morgan fingerprint density at radius 3 is 2.64 bits per heavy atom. The summed E-state index contributed by atoms with van der Waals surface area (Å²) in [5, 5.41) is 15.2. The zero-order chi connectivity index (χ0) is 18.2. The molecule has 3 rings (SSSR count). The number of aliphatic carboxylic acids is 1. The van der Waals surface area contributed by atoms with Gasteiger partial charge in [-0.3, -0.25) is 9.59 Å². The highest BCUT2D eigenvalue weighted by Crippen LogP contribution is 2.49. The van der Waals surface area contributed by atoms with Crippen LogP contribution in [0, 0.1) is 0 Å². The molecule has 1 aromatic rings. The highest BCUT2D eigenvalue weighted by molar-refractivity contribution is 5.95. The molecule has 2 aliphatic heterocycles. The summed E-state index contributed by atoms with van der Waals surface area (Å²) in [6.45, 7) is 0.362. The Labute approximate surface area is 141 Å². The van der Waals surface area contributed by atoms with Gasteiger partial charge in [-0.15, -0.1) is 10.2 Å². The Bertz CT molecular complexity index is 727. The first-order chi connectivity index (χ1) is 11.7. The number of carbonyl (C=O) groups is 2. The van der Waals surface area contributed by atoms with Gasteiger partial charge in [-0.05, 0) is 30.5 Å². The Kier molecular flexibility index (Phi) is 4.26. The molecular formula is C16H16F3N3O3. The van der Waals surface area contributed by atoms with Crippen molar-refractivity contribution in [3.63, 3.8) is 0 Å². The number of rotatable bonds is 5. The lowest BCUT2D eigenvalue weighted by Gasteiger charge is -2.27. The average Bonchev–Trinajstić information content (AvgIpc) is 3.17. The molecule has 2 aliphatic rings. The number of amides is 1. The molecule has 1 unspecified atom stereocenters. The van der Waals surface area contributed by atoms with Crippen LogP contribution in [0.25, 0.3) is 0 Å². The highest BCUT2D eigenvalue weighted by Gasteiger charge is 2.65. The lowest BCUT2D eigenvalue weighted by molar-refractivity contribution is -0.167. The zero-order valence-corrected chi connectivity index (χ0v) is 13.2. The fourth-order valence-electron chi connectivity index (χ4n) is 3.17. The number of benzene rings is 1. The van der Waals surface area contributed by atoms with Crippen molar-refractivity contribution in [2.75, 3.05) is 6.54 Å². The zero-order valence-electron chi connectivity index (χ0n) is 13.2. The van der Waals surface area contributed by atoms with Crippen molar-refractivity contribution in [3.8, 4) is 0 Å². The van der Waals surface area contributed by atoms with Gasteiger partial charge in [0.25, 0.3) is 11.6 Å². The summed E-state index contributed by atoms with van der Waals surface area (Å²) in [4.78, 5) is 24.9. The standard InChI is InChI=1S/C16H16F3N3O3/c17-16(18,19)15(20-21-15)9-12-5-2-6-22(12)14(25)11-4-1-3-10(7-11)8-13(23)24/h1,3-4,7,12H,2,5-6,8-9H2,(H,23,24). The van der Waals surface area contributed by atoms with Crippen LogP contribution in [0.15, 0.2) is 34.5 Å². The molecule has 1 saturated heterocycles. The van der Waals surface area contributed by atoms with Crippen LogP contribution in [0.2, 0.25) is 0 Å². The second kappa shape index (κ2) is 6.12. The minimum atomic E-state index is -4.55. The second-order valence-electron chi connectivity index (χ2n) is 6.28. The van der Waals surface area contributed by atoms with Gasteiger partial charge in [0.15, 0.2) is 0 Å². The number of alkyl halides is 3. The number of likely N-dealkylation sites (tertiary alicyclic amines) is 1. The van der Waals surface area contributed by atoms with E-state index < -0.39 is 29.8 Å². The van der Waals surface area contributed by atoms with Crippen molar-refractivity contribution in [2.45, 2.75) is 43.6 Å². The van der Waals surface area contributed by atoms with Gasteiger partial charge in [-0.25, -0.2) is 0 Å². The number of hydrogen-bond donors (Lipinski definition) is 1. The van der Waals surface area contributed by atoms with Crippen LogP contribution >= 0.6 is 0 Å². The Morgan fingerprint density at radius 2 is 2.04 bits per heavy atom. The molecule has 9 heteroatoms. The number of nitrogens with zero attached hydrogens (tertiary/aromatic N) is 3. The molecule has 0 spiro atoms. The van der Waals surface area contributed by atoms with Crippen molar-refractivity contribution >= 4 is 11.9 Å². The smallest absolute Gasteiger partial charge is 0.437 e. The highest BCUT2D eigenvalue weighted by atomic mass is 19.4. The third kappa shape index (κ3) is 3.49. The topological polar surface area (TPSA) is 82.3 Å². The molecular weight excluding hydrogens is 339 g/mol. The molecule has 2 heterocycles. The van der Waals surface area contributed by atoms with E-state index in [1.54, 1.807) is 12.1 Å². The second-order valence-corrected chi connectivity index (χ2v) is 6.28. The van der Waals surface area contributed by atoms with Crippen molar-refractivity contribution in [1.82, 2.24) is 4.90 Å². The van der Waals surface area contributed by atoms with Crippen molar-refractivity contribution < 1.29 is 27.9 Å². The Morgan fingerprint density at radius 1 is 1.32 bits per heavy atom. The van der Waals surface area contributed by atoms with Crippen LogP contribution in [0.1, 0.15) is 35.2 Å². The third-order valence-corrected chi connectivity index (χ3v) is 4.48. The first-order valence-corrected chi connectivity index (χ1v) is 7.84. The van der Waals surface area contributed by atoms with Crippen LogP contribution in [-0.2, 0) is 11.2 Å². The molecule has 25 heavy (non-hydrogen) atoms. The van der Waals surface area contributed by atoms with Crippen molar-refractivity contribution in [1.29, 1.82) is 0 Å². The molecule has 0 saturated carbocycles. The molecule has 0 aliphatic carbocycles. The fourth-order valence-corrected chi connectivity index (χ4v) is 3.17. The predicted octanol–water partition coefficient (Wildman–Crippen LogP) is 3.03. The van der Waals surface area contributed by atoms with E-state index in [1.165, 1.54) is 17.0 Å². The first kappa shape index (κ1) is 17.4. The quantitative estimate of drug-likeness (QED) is 0.881. The summed E-state index contributed by atoms with van der Waals surface area (Å²) in [6, 6.07) is 5.57. The summed E-state index contributed by atoms with van der Waals surface area (Å²) >= 11 is 0. The maximum absolute atomic E-state index is 13.0. The number of carboxylic acid groups (broad SMARTS) is 1. The molecule has 0 aromatic heterocycles. The lowest BCUT2D eigenvalue weighted by atomic mass is 10.0. The molecule has 0 bridgehead atoms. The normalized spacial score (nSPS) is 21.4. The fraction of sp³-hybridized carbons (Fsp3) is 0.500. The molecule has 1 fully saturated rings. The largest absolute Gasteiger partial charge is 0.481 e. The van der Waals surface area contributed by atoms with E-state index >= 15 is 0 Å². The van der Waals surface area contributed by atoms with E-state index in [1.807, 2.05) is 0 Å². The molecule has 1 N–H and O–H groups in total. The van der Waals surface area contributed by atoms with Crippen LogP contribution in [0.4, 0.5) is 13.2 Å². The number of carboxylic acids is 1.